The van der Waals surface area contributed by atoms with Crippen LogP contribution in [0.15, 0.2) is 61.3 Å². The van der Waals surface area contributed by atoms with Gasteiger partial charge in [0.15, 0.2) is 5.82 Å². The van der Waals surface area contributed by atoms with Crippen LogP contribution in [0.25, 0.3) is 11.3 Å². The Hall–Kier alpha value is -3.49. The highest BCUT2D eigenvalue weighted by Gasteiger charge is 2.15. The van der Waals surface area contributed by atoms with Crippen molar-refractivity contribution in [1.82, 2.24) is 9.97 Å². The molecule has 32 heavy (non-hydrogen) atoms. The number of benzene rings is 2. The minimum Gasteiger partial charge on any atom is -0.378 e. The number of carbonyl (C=O) groups excluding carboxylic acids is 1. The van der Waals surface area contributed by atoms with E-state index < -0.39 is 5.82 Å². The fourth-order valence-electron chi connectivity index (χ4n) is 3.33. The zero-order valence-electron chi connectivity index (χ0n) is 17.1. The molecule has 1 amide bonds. The summed E-state index contributed by atoms with van der Waals surface area (Å²) in [6.07, 6.45) is 2.23. The molecule has 1 saturated heterocycles. The van der Waals surface area contributed by atoms with Gasteiger partial charge in [0.05, 0.1) is 24.4 Å². The second-order valence-corrected chi connectivity index (χ2v) is 7.46. The summed E-state index contributed by atoms with van der Waals surface area (Å²) in [6, 6.07) is 12.6. The number of hydrogen-bond donors (Lipinski definition) is 2. The van der Waals surface area contributed by atoms with Crippen molar-refractivity contribution in [2.45, 2.75) is 0 Å². The molecule has 1 aliphatic heterocycles. The predicted molar refractivity (Wildman–Crippen MR) is 124 cm³/mol. The number of carbonyl (C=O) groups is 1. The molecule has 2 N–H and O–H groups in total. The molecule has 1 aliphatic rings. The summed E-state index contributed by atoms with van der Waals surface area (Å²) < 4.78 is 20.0. The average Bonchev–Trinajstić information content (AvgIpc) is 2.82. The monoisotopic (exact) mass is 453 g/mol. The Kier molecular flexibility index (Phi) is 6.63. The normalized spacial score (nSPS) is 13.5. The highest BCUT2D eigenvalue weighted by molar-refractivity contribution is 6.33. The van der Waals surface area contributed by atoms with Crippen LogP contribution in [0, 0.1) is 5.82 Å². The summed E-state index contributed by atoms with van der Waals surface area (Å²) in [5.74, 6) is -0.798. The van der Waals surface area contributed by atoms with Crippen LogP contribution in [0.1, 0.15) is 0 Å². The lowest BCUT2D eigenvalue weighted by molar-refractivity contribution is -0.111. The van der Waals surface area contributed by atoms with Gasteiger partial charge in [0, 0.05) is 35.7 Å². The van der Waals surface area contributed by atoms with Gasteiger partial charge in [0.2, 0.25) is 11.9 Å². The number of ether oxygens (including phenoxy) is 1. The predicted octanol–water partition coefficient (Wildman–Crippen LogP) is 4.64. The van der Waals surface area contributed by atoms with Crippen molar-refractivity contribution >= 4 is 40.5 Å². The molecule has 164 valence electrons. The number of rotatable bonds is 6. The molecule has 0 bridgehead atoms. The SMILES string of the molecule is C=CC(=O)Nc1ccc(Cl)c(-c2nc(Nc3cccc(N4CCOCC4)c3)ncc2F)c1. The van der Waals surface area contributed by atoms with Crippen molar-refractivity contribution in [3.63, 3.8) is 0 Å². The van der Waals surface area contributed by atoms with Crippen molar-refractivity contribution in [3.8, 4) is 11.3 Å². The highest BCUT2D eigenvalue weighted by atomic mass is 35.5. The van der Waals surface area contributed by atoms with E-state index in [4.69, 9.17) is 16.3 Å². The van der Waals surface area contributed by atoms with Crippen LogP contribution in [0.3, 0.4) is 0 Å². The third-order valence-electron chi connectivity index (χ3n) is 4.90. The van der Waals surface area contributed by atoms with Crippen LogP contribution in [-0.2, 0) is 9.53 Å². The second kappa shape index (κ2) is 9.76. The molecular formula is C23H21ClFN5O2. The molecule has 0 radical (unpaired) electrons. The van der Waals surface area contributed by atoms with E-state index in [0.717, 1.165) is 36.7 Å². The first-order chi connectivity index (χ1) is 15.5. The molecule has 2 aromatic carbocycles. The Morgan fingerprint density at radius 3 is 2.78 bits per heavy atom. The number of anilines is 4. The van der Waals surface area contributed by atoms with Gasteiger partial charge in [0.25, 0.3) is 0 Å². The Morgan fingerprint density at radius 1 is 1.19 bits per heavy atom. The highest BCUT2D eigenvalue weighted by Crippen LogP contribution is 2.32. The van der Waals surface area contributed by atoms with E-state index in [-0.39, 0.29) is 17.5 Å². The van der Waals surface area contributed by atoms with Crippen LogP contribution >= 0.6 is 11.6 Å². The molecule has 0 saturated carbocycles. The third kappa shape index (κ3) is 5.04. The molecule has 1 fully saturated rings. The summed E-state index contributed by atoms with van der Waals surface area (Å²) in [5, 5.41) is 6.04. The van der Waals surface area contributed by atoms with Crippen molar-refractivity contribution < 1.29 is 13.9 Å². The van der Waals surface area contributed by atoms with Crippen molar-refractivity contribution in [2.75, 3.05) is 41.8 Å². The van der Waals surface area contributed by atoms with E-state index in [1.807, 2.05) is 24.3 Å². The Bertz CT molecular complexity index is 1150. The smallest absolute Gasteiger partial charge is 0.247 e. The molecule has 4 rings (SSSR count). The lowest BCUT2D eigenvalue weighted by Crippen LogP contribution is -2.36. The number of amides is 1. The molecule has 0 unspecified atom stereocenters. The largest absolute Gasteiger partial charge is 0.378 e. The second-order valence-electron chi connectivity index (χ2n) is 7.05. The number of nitrogens with zero attached hydrogens (tertiary/aromatic N) is 3. The molecule has 3 aromatic rings. The zero-order valence-corrected chi connectivity index (χ0v) is 17.9. The number of aromatic nitrogens is 2. The van der Waals surface area contributed by atoms with Gasteiger partial charge < -0.3 is 20.3 Å². The Morgan fingerprint density at radius 2 is 2.00 bits per heavy atom. The van der Waals surface area contributed by atoms with Gasteiger partial charge in [-0.2, -0.15) is 0 Å². The van der Waals surface area contributed by atoms with Crippen LogP contribution in [-0.4, -0.2) is 42.2 Å². The van der Waals surface area contributed by atoms with Crippen molar-refractivity contribution in [1.29, 1.82) is 0 Å². The molecule has 1 aromatic heterocycles. The lowest BCUT2D eigenvalue weighted by atomic mass is 10.1. The minimum atomic E-state index is -0.633. The van der Waals surface area contributed by atoms with E-state index in [9.17, 15) is 9.18 Å². The maximum atomic E-state index is 14.6. The van der Waals surface area contributed by atoms with Crippen molar-refractivity contribution in [2.24, 2.45) is 0 Å². The summed E-state index contributed by atoms with van der Waals surface area (Å²) in [7, 11) is 0. The van der Waals surface area contributed by atoms with Gasteiger partial charge >= 0.3 is 0 Å². The standard InChI is InChI=1S/C23H21ClFN5O2/c1-2-21(31)27-16-6-7-19(24)18(13-16)22-20(25)14-26-23(29-22)28-15-4-3-5-17(12-15)30-8-10-32-11-9-30/h2-7,12-14H,1,8-11H2,(H,27,31)(H,26,28,29). The summed E-state index contributed by atoms with van der Waals surface area (Å²) in [5.41, 5.74) is 2.61. The molecular weight excluding hydrogens is 433 g/mol. The topological polar surface area (TPSA) is 79.4 Å². The number of morpholine rings is 1. The Balaban J connectivity index is 1.61. The van der Waals surface area contributed by atoms with Crippen LogP contribution in [0.4, 0.5) is 27.4 Å². The maximum Gasteiger partial charge on any atom is 0.247 e. The number of nitrogens with one attached hydrogen (secondary N) is 2. The molecule has 9 heteroatoms. The first kappa shape index (κ1) is 21.7. The summed E-state index contributed by atoms with van der Waals surface area (Å²) >= 11 is 6.30. The van der Waals surface area contributed by atoms with Gasteiger partial charge in [-0.1, -0.05) is 24.2 Å². The maximum absolute atomic E-state index is 14.6. The zero-order chi connectivity index (χ0) is 22.5. The molecule has 0 spiro atoms. The van der Waals surface area contributed by atoms with E-state index >= 15 is 0 Å². The Labute approximate surface area is 189 Å². The molecule has 7 nitrogen and oxygen atoms in total. The van der Waals surface area contributed by atoms with Crippen LogP contribution in [0.2, 0.25) is 5.02 Å². The van der Waals surface area contributed by atoms with E-state index in [1.165, 1.54) is 0 Å². The third-order valence-corrected chi connectivity index (χ3v) is 5.23. The summed E-state index contributed by atoms with van der Waals surface area (Å²) in [4.78, 5) is 22.2. The lowest BCUT2D eigenvalue weighted by Gasteiger charge is -2.29. The molecule has 0 atom stereocenters. The fraction of sp³-hybridized carbons (Fsp3) is 0.174. The average molecular weight is 454 g/mol. The fourth-order valence-corrected chi connectivity index (χ4v) is 3.53. The van der Waals surface area contributed by atoms with E-state index in [2.05, 4.69) is 32.1 Å². The van der Waals surface area contributed by atoms with Gasteiger partial charge in [-0.25, -0.2) is 14.4 Å². The van der Waals surface area contributed by atoms with Crippen LogP contribution in [0.5, 0.6) is 0 Å². The number of hydrogen-bond acceptors (Lipinski definition) is 6. The van der Waals surface area contributed by atoms with Gasteiger partial charge in [-0.3, -0.25) is 4.79 Å². The quantitative estimate of drug-likeness (QED) is 0.529. The van der Waals surface area contributed by atoms with Crippen LogP contribution < -0.4 is 15.5 Å². The van der Waals surface area contributed by atoms with Gasteiger partial charge in [-0.15, -0.1) is 0 Å². The molecule has 2 heterocycles. The summed E-state index contributed by atoms with van der Waals surface area (Å²) in [6.45, 7) is 6.43. The van der Waals surface area contributed by atoms with Gasteiger partial charge in [-0.05, 0) is 42.5 Å². The number of halogens is 2. The van der Waals surface area contributed by atoms with Gasteiger partial charge in [0.1, 0.15) is 5.69 Å². The van der Waals surface area contributed by atoms with Crippen molar-refractivity contribution in [3.05, 3.63) is 72.2 Å². The van der Waals surface area contributed by atoms with E-state index in [1.54, 1.807) is 18.2 Å². The first-order valence-corrected chi connectivity index (χ1v) is 10.4. The molecule has 0 aliphatic carbocycles. The minimum absolute atomic E-state index is 0.0199. The first-order valence-electron chi connectivity index (χ1n) is 9.99. The van der Waals surface area contributed by atoms with E-state index in [0.29, 0.717) is 29.5 Å².